The second-order valence-corrected chi connectivity index (χ2v) is 4.96. The molecule has 0 saturated heterocycles. The van der Waals surface area contributed by atoms with E-state index in [4.69, 9.17) is 10.2 Å². The molecule has 0 spiro atoms. The third-order valence-electron chi connectivity index (χ3n) is 3.45. The summed E-state index contributed by atoms with van der Waals surface area (Å²) in [5.74, 6) is -1.06. The number of carbonyl (C=O) groups is 2. The highest BCUT2D eigenvalue weighted by Crippen LogP contribution is 2.25. The number of amides is 1. The topological polar surface area (TPSA) is 86.6 Å². The van der Waals surface area contributed by atoms with Crippen LogP contribution in [-0.4, -0.2) is 28.1 Å². The minimum atomic E-state index is -0.782. The molecule has 102 valence electrons. The van der Waals surface area contributed by atoms with Gasteiger partial charge in [0.1, 0.15) is 5.75 Å². The zero-order valence-electron chi connectivity index (χ0n) is 10.5. The Labute approximate surface area is 111 Å². The molecule has 0 aliphatic heterocycles. The van der Waals surface area contributed by atoms with E-state index in [1.54, 1.807) is 24.3 Å². The highest BCUT2D eigenvalue weighted by molar-refractivity contribution is 5.79. The summed E-state index contributed by atoms with van der Waals surface area (Å²) >= 11 is 0. The molecule has 0 heterocycles. The fraction of sp³-hybridized carbons (Fsp3) is 0.429. The van der Waals surface area contributed by atoms with Gasteiger partial charge in [-0.1, -0.05) is 12.1 Å². The second-order valence-electron chi connectivity index (χ2n) is 4.96. The summed E-state index contributed by atoms with van der Waals surface area (Å²) in [6.07, 6.45) is 2.10. The van der Waals surface area contributed by atoms with E-state index in [-0.39, 0.29) is 30.0 Å². The lowest BCUT2D eigenvalue weighted by Crippen LogP contribution is -2.34. The average Bonchev–Trinajstić information content (AvgIpc) is 2.80. The van der Waals surface area contributed by atoms with Crippen LogP contribution in [0.5, 0.6) is 5.75 Å². The van der Waals surface area contributed by atoms with Crippen molar-refractivity contribution in [2.24, 2.45) is 5.92 Å². The average molecular weight is 263 g/mol. The van der Waals surface area contributed by atoms with Crippen LogP contribution in [0.2, 0.25) is 0 Å². The molecule has 5 nitrogen and oxygen atoms in total. The van der Waals surface area contributed by atoms with Crippen LogP contribution in [0.25, 0.3) is 0 Å². The molecule has 2 rings (SSSR count). The van der Waals surface area contributed by atoms with Crippen LogP contribution in [0.3, 0.4) is 0 Å². The number of aromatic hydroxyl groups is 1. The number of phenolic OH excluding ortho intramolecular Hbond substituents is 1. The maximum Gasteiger partial charge on any atom is 0.306 e. The van der Waals surface area contributed by atoms with Crippen LogP contribution < -0.4 is 5.32 Å². The number of carboxylic acids is 1. The van der Waals surface area contributed by atoms with Gasteiger partial charge in [-0.3, -0.25) is 9.59 Å². The molecule has 1 fully saturated rings. The fourth-order valence-electron chi connectivity index (χ4n) is 2.41. The molecule has 0 unspecified atom stereocenters. The summed E-state index contributed by atoms with van der Waals surface area (Å²) in [5.41, 5.74) is 0.822. The van der Waals surface area contributed by atoms with E-state index >= 15 is 0 Å². The van der Waals surface area contributed by atoms with Gasteiger partial charge in [0.25, 0.3) is 0 Å². The van der Waals surface area contributed by atoms with E-state index < -0.39 is 5.97 Å². The standard InChI is InChI=1S/C14H17NO4/c16-12-5-1-9(2-6-12)7-13(17)15-11-4-3-10(8-11)14(18)19/h1-2,5-6,10-11,16H,3-4,7-8H2,(H,15,17)(H,18,19)/t10-,11+/m0/s1. The highest BCUT2D eigenvalue weighted by atomic mass is 16.4. The van der Waals surface area contributed by atoms with Crippen LogP contribution >= 0.6 is 0 Å². The minimum absolute atomic E-state index is 0.0364. The molecule has 1 aliphatic rings. The van der Waals surface area contributed by atoms with Crippen molar-refractivity contribution in [3.63, 3.8) is 0 Å². The first kappa shape index (κ1) is 13.4. The van der Waals surface area contributed by atoms with E-state index in [9.17, 15) is 9.59 Å². The number of phenols is 1. The molecular formula is C14H17NO4. The first-order chi connectivity index (χ1) is 9.04. The Kier molecular flexibility index (Phi) is 4.04. The van der Waals surface area contributed by atoms with Crippen LogP contribution in [0.1, 0.15) is 24.8 Å². The van der Waals surface area contributed by atoms with Gasteiger partial charge in [0.2, 0.25) is 5.91 Å². The predicted molar refractivity (Wildman–Crippen MR) is 68.7 cm³/mol. The minimum Gasteiger partial charge on any atom is -0.508 e. The Bertz CT molecular complexity index is 469. The number of hydrogen-bond acceptors (Lipinski definition) is 3. The van der Waals surface area contributed by atoms with Crippen molar-refractivity contribution >= 4 is 11.9 Å². The Morgan fingerprint density at radius 2 is 1.89 bits per heavy atom. The quantitative estimate of drug-likeness (QED) is 0.764. The lowest BCUT2D eigenvalue weighted by Gasteiger charge is -2.12. The van der Waals surface area contributed by atoms with E-state index in [1.165, 1.54) is 0 Å². The van der Waals surface area contributed by atoms with Gasteiger partial charge < -0.3 is 15.5 Å². The lowest BCUT2D eigenvalue weighted by molar-refractivity contribution is -0.141. The smallest absolute Gasteiger partial charge is 0.306 e. The summed E-state index contributed by atoms with van der Waals surface area (Å²) in [4.78, 5) is 22.6. The van der Waals surface area contributed by atoms with Gasteiger partial charge >= 0.3 is 5.97 Å². The summed E-state index contributed by atoms with van der Waals surface area (Å²) in [6.45, 7) is 0. The number of carbonyl (C=O) groups excluding carboxylic acids is 1. The van der Waals surface area contributed by atoms with Gasteiger partial charge in [-0.15, -0.1) is 0 Å². The van der Waals surface area contributed by atoms with Crippen molar-refractivity contribution in [3.8, 4) is 5.75 Å². The zero-order chi connectivity index (χ0) is 13.8. The van der Waals surface area contributed by atoms with Crippen LogP contribution in [0.4, 0.5) is 0 Å². The molecule has 1 aliphatic carbocycles. The maximum absolute atomic E-state index is 11.8. The summed E-state index contributed by atoms with van der Waals surface area (Å²) in [7, 11) is 0. The largest absolute Gasteiger partial charge is 0.508 e. The van der Waals surface area contributed by atoms with Crippen molar-refractivity contribution in [1.82, 2.24) is 5.32 Å². The molecular weight excluding hydrogens is 246 g/mol. The molecule has 0 bridgehead atoms. The van der Waals surface area contributed by atoms with E-state index in [0.29, 0.717) is 12.8 Å². The number of nitrogens with one attached hydrogen (secondary N) is 1. The number of rotatable bonds is 4. The van der Waals surface area contributed by atoms with E-state index in [2.05, 4.69) is 5.32 Å². The van der Waals surface area contributed by atoms with Gasteiger partial charge in [0, 0.05) is 6.04 Å². The van der Waals surface area contributed by atoms with Crippen LogP contribution in [0, 0.1) is 5.92 Å². The molecule has 5 heteroatoms. The predicted octanol–water partition coefficient (Wildman–Crippen LogP) is 1.30. The van der Waals surface area contributed by atoms with E-state index in [0.717, 1.165) is 12.0 Å². The molecule has 1 aromatic rings. The summed E-state index contributed by atoms with van der Waals surface area (Å²) in [5, 5.41) is 20.9. The number of hydrogen-bond donors (Lipinski definition) is 3. The molecule has 19 heavy (non-hydrogen) atoms. The van der Waals surface area contributed by atoms with Crippen molar-refractivity contribution in [1.29, 1.82) is 0 Å². The monoisotopic (exact) mass is 263 g/mol. The van der Waals surface area contributed by atoms with Crippen molar-refractivity contribution in [2.75, 3.05) is 0 Å². The Morgan fingerprint density at radius 1 is 1.21 bits per heavy atom. The third-order valence-corrected chi connectivity index (χ3v) is 3.45. The molecule has 0 radical (unpaired) electrons. The fourth-order valence-corrected chi connectivity index (χ4v) is 2.41. The Balaban J connectivity index is 1.82. The van der Waals surface area contributed by atoms with Crippen molar-refractivity contribution in [3.05, 3.63) is 29.8 Å². The molecule has 1 saturated carbocycles. The van der Waals surface area contributed by atoms with E-state index in [1.807, 2.05) is 0 Å². The molecule has 0 aromatic heterocycles. The van der Waals surface area contributed by atoms with Crippen molar-refractivity contribution < 1.29 is 19.8 Å². The molecule has 1 aromatic carbocycles. The summed E-state index contributed by atoms with van der Waals surface area (Å²) in [6, 6.07) is 6.44. The van der Waals surface area contributed by atoms with Gasteiger partial charge in [-0.2, -0.15) is 0 Å². The van der Waals surface area contributed by atoms with Gasteiger partial charge in [-0.25, -0.2) is 0 Å². The van der Waals surface area contributed by atoms with Crippen LogP contribution in [-0.2, 0) is 16.0 Å². The maximum atomic E-state index is 11.8. The van der Waals surface area contributed by atoms with Gasteiger partial charge in [-0.05, 0) is 37.0 Å². The Morgan fingerprint density at radius 3 is 2.47 bits per heavy atom. The highest BCUT2D eigenvalue weighted by Gasteiger charge is 2.30. The van der Waals surface area contributed by atoms with Crippen molar-refractivity contribution in [2.45, 2.75) is 31.7 Å². The van der Waals surface area contributed by atoms with Gasteiger partial charge in [0.15, 0.2) is 0 Å². The number of carboxylic acid groups (broad SMARTS) is 1. The first-order valence-electron chi connectivity index (χ1n) is 6.34. The van der Waals surface area contributed by atoms with Gasteiger partial charge in [0.05, 0.1) is 12.3 Å². The third kappa shape index (κ3) is 3.71. The molecule has 3 N–H and O–H groups in total. The zero-order valence-corrected chi connectivity index (χ0v) is 10.5. The second kappa shape index (κ2) is 5.73. The first-order valence-corrected chi connectivity index (χ1v) is 6.34. The molecule has 2 atom stereocenters. The number of aliphatic carboxylic acids is 1. The Hall–Kier alpha value is -2.04. The molecule has 1 amide bonds. The lowest BCUT2D eigenvalue weighted by atomic mass is 10.1. The normalized spacial score (nSPS) is 22.1. The summed E-state index contributed by atoms with van der Waals surface area (Å²) < 4.78 is 0. The number of benzene rings is 1. The SMILES string of the molecule is O=C(Cc1ccc(O)cc1)N[C@@H]1CC[C@H](C(=O)O)C1. The van der Waals surface area contributed by atoms with Crippen LogP contribution in [0.15, 0.2) is 24.3 Å².